The molecule has 9 heteroatoms. The van der Waals surface area contributed by atoms with Gasteiger partial charge >= 0.3 is 0 Å². The lowest BCUT2D eigenvalue weighted by atomic mass is 10.3. The number of hydrogen-bond donors (Lipinski definition) is 1. The van der Waals surface area contributed by atoms with Crippen molar-refractivity contribution < 1.29 is 0 Å². The Balaban J connectivity index is 0.00000208. The van der Waals surface area contributed by atoms with E-state index >= 15 is 0 Å². The standard InChI is InChI=1S/C15H22N8.HI/c1-16-15(19-6-7-23-13-17-12-20-23)22-10-8-21(9-11-22)14-4-2-3-5-18-14;/h2-5,12-13H,6-11H2,1H3,(H,16,19);1H. The van der Waals surface area contributed by atoms with Crippen LogP contribution in [0.5, 0.6) is 0 Å². The number of guanidine groups is 1. The number of halogens is 1. The van der Waals surface area contributed by atoms with Crippen LogP contribution in [0.4, 0.5) is 5.82 Å². The number of hydrogen-bond acceptors (Lipinski definition) is 5. The normalized spacial score (nSPS) is 15.1. The molecule has 24 heavy (non-hydrogen) atoms. The van der Waals surface area contributed by atoms with E-state index in [4.69, 9.17) is 0 Å². The Morgan fingerprint density at radius 3 is 2.71 bits per heavy atom. The summed E-state index contributed by atoms with van der Waals surface area (Å²) in [5.74, 6) is 1.98. The van der Waals surface area contributed by atoms with Crippen LogP contribution in [0.1, 0.15) is 0 Å². The van der Waals surface area contributed by atoms with Crippen molar-refractivity contribution in [2.24, 2.45) is 4.99 Å². The average molecular weight is 442 g/mol. The second-order valence-corrected chi connectivity index (χ2v) is 5.29. The number of anilines is 1. The van der Waals surface area contributed by atoms with Crippen LogP contribution in [0.25, 0.3) is 0 Å². The monoisotopic (exact) mass is 442 g/mol. The molecule has 8 nitrogen and oxygen atoms in total. The number of nitrogens with zero attached hydrogens (tertiary/aromatic N) is 7. The molecule has 130 valence electrons. The minimum Gasteiger partial charge on any atom is -0.354 e. The molecule has 3 heterocycles. The predicted molar refractivity (Wildman–Crippen MR) is 105 cm³/mol. The van der Waals surface area contributed by atoms with Crippen LogP contribution in [0.3, 0.4) is 0 Å². The molecule has 0 aromatic carbocycles. The second kappa shape index (κ2) is 9.40. The third kappa shape index (κ3) is 4.79. The lowest BCUT2D eigenvalue weighted by Crippen LogP contribution is -2.53. The first-order valence-electron chi connectivity index (χ1n) is 7.81. The van der Waals surface area contributed by atoms with Crippen molar-refractivity contribution in [2.75, 3.05) is 44.7 Å². The predicted octanol–water partition coefficient (Wildman–Crippen LogP) is 0.689. The molecule has 1 saturated heterocycles. The first kappa shape index (κ1) is 18.4. The minimum atomic E-state index is 0. The lowest BCUT2D eigenvalue weighted by Gasteiger charge is -2.37. The highest BCUT2D eigenvalue weighted by Gasteiger charge is 2.20. The molecule has 0 unspecified atom stereocenters. The van der Waals surface area contributed by atoms with Crippen molar-refractivity contribution in [3.63, 3.8) is 0 Å². The summed E-state index contributed by atoms with van der Waals surface area (Å²) >= 11 is 0. The summed E-state index contributed by atoms with van der Waals surface area (Å²) in [6, 6.07) is 6.03. The summed E-state index contributed by atoms with van der Waals surface area (Å²) < 4.78 is 1.80. The third-order valence-electron chi connectivity index (χ3n) is 3.85. The summed E-state index contributed by atoms with van der Waals surface area (Å²) in [4.78, 5) is 17.3. The van der Waals surface area contributed by atoms with Gasteiger partial charge in [0.25, 0.3) is 0 Å². The van der Waals surface area contributed by atoms with E-state index in [0.717, 1.165) is 51.0 Å². The Kier molecular flexibility index (Phi) is 7.22. The molecule has 2 aromatic rings. The second-order valence-electron chi connectivity index (χ2n) is 5.29. The fraction of sp³-hybridized carbons (Fsp3) is 0.467. The van der Waals surface area contributed by atoms with Gasteiger partial charge in [0.2, 0.25) is 0 Å². The molecule has 1 N–H and O–H groups in total. The molecule has 0 saturated carbocycles. The summed E-state index contributed by atoms with van der Waals surface area (Å²) in [7, 11) is 1.82. The van der Waals surface area contributed by atoms with Crippen LogP contribution in [0.15, 0.2) is 42.0 Å². The fourth-order valence-corrected chi connectivity index (χ4v) is 2.65. The highest BCUT2D eigenvalue weighted by atomic mass is 127. The van der Waals surface area contributed by atoms with Gasteiger partial charge in [-0.05, 0) is 12.1 Å². The Hall–Kier alpha value is -1.91. The summed E-state index contributed by atoms with van der Waals surface area (Å²) in [6.07, 6.45) is 5.11. The molecule has 0 radical (unpaired) electrons. The maximum Gasteiger partial charge on any atom is 0.193 e. The zero-order valence-electron chi connectivity index (χ0n) is 13.7. The Morgan fingerprint density at radius 1 is 1.25 bits per heavy atom. The largest absolute Gasteiger partial charge is 0.354 e. The van der Waals surface area contributed by atoms with E-state index in [2.05, 4.69) is 41.2 Å². The van der Waals surface area contributed by atoms with Crippen LogP contribution in [-0.2, 0) is 6.54 Å². The Morgan fingerprint density at radius 2 is 2.08 bits per heavy atom. The minimum absolute atomic E-state index is 0. The van der Waals surface area contributed by atoms with Crippen molar-refractivity contribution in [1.29, 1.82) is 0 Å². The Bertz CT molecular complexity index is 608. The molecule has 0 amide bonds. The van der Waals surface area contributed by atoms with Gasteiger partial charge in [-0.3, -0.25) is 9.67 Å². The lowest BCUT2D eigenvalue weighted by molar-refractivity contribution is 0.370. The van der Waals surface area contributed by atoms with Gasteiger partial charge in [0.15, 0.2) is 5.96 Å². The number of rotatable bonds is 4. The highest BCUT2D eigenvalue weighted by molar-refractivity contribution is 14.0. The van der Waals surface area contributed by atoms with Crippen LogP contribution in [0.2, 0.25) is 0 Å². The maximum absolute atomic E-state index is 4.42. The molecular weight excluding hydrogens is 419 g/mol. The first-order valence-corrected chi connectivity index (χ1v) is 7.81. The van der Waals surface area contributed by atoms with Crippen molar-refractivity contribution >= 4 is 35.8 Å². The number of piperazine rings is 1. The fourth-order valence-electron chi connectivity index (χ4n) is 2.65. The van der Waals surface area contributed by atoms with Crippen molar-refractivity contribution in [1.82, 2.24) is 30.0 Å². The Labute approximate surface area is 159 Å². The van der Waals surface area contributed by atoms with Gasteiger partial charge in [-0.2, -0.15) is 5.10 Å². The third-order valence-corrected chi connectivity index (χ3v) is 3.85. The number of aliphatic imine (C=N–C) groups is 1. The van der Waals surface area contributed by atoms with Gasteiger partial charge < -0.3 is 15.1 Å². The molecule has 3 rings (SSSR count). The van der Waals surface area contributed by atoms with Gasteiger partial charge in [0.05, 0.1) is 6.54 Å². The average Bonchev–Trinajstić information content (AvgIpc) is 3.13. The van der Waals surface area contributed by atoms with Gasteiger partial charge in [-0.25, -0.2) is 9.97 Å². The smallest absolute Gasteiger partial charge is 0.193 e. The number of nitrogens with one attached hydrogen (secondary N) is 1. The summed E-state index contributed by atoms with van der Waals surface area (Å²) in [5, 5.41) is 7.48. The maximum atomic E-state index is 4.42. The van der Waals surface area contributed by atoms with Crippen molar-refractivity contribution in [3.8, 4) is 0 Å². The molecule has 2 aromatic heterocycles. The van der Waals surface area contributed by atoms with Gasteiger partial charge in [0.1, 0.15) is 18.5 Å². The summed E-state index contributed by atoms with van der Waals surface area (Å²) in [5.41, 5.74) is 0. The van der Waals surface area contributed by atoms with E-state index in [1.807, 2.05) is 25.4 Å². The zero-order valence-corrected chi connectivity index (χ0v) is 16.1. The van der Waals surface area contributed by atoms with Crippen molar-refractivity contribution in [3.05, 3.63) is 37.1 Å². The zero-order chi connectivity index (χ0) is 15.9. The van der Waals surface area contributed by atoms with Crippen LogP contribution in [-0.4, -0.2) is 70.4 Å². The van der Waals surface area contributed by atoms with Gasteiger partial charge in [-0.15, -0.1) is 24.0 Å². The van der Waals surface area contributed by atoms with Crippen LogP contribution in [0, 0.1) is 0 Å². The topological polar surface area (TPSA) is 74.5 Å². The molecule has 0 bridgehead atoms. The van der Waals surface area contributed by atoms with E-state index < -0.39 is 0 Å². The van der Waals surface area contributed by atoms with Gasteiger partial charge in [0, 0.05) is 46.0 Å². The van der Waals surface area contributed by atoms with E-state index in [9.17, 15) is 0 Å². The summed E-state index contributed by atoms with van der Waals surface area (Å²) in [6.45, 7) is 5.30. The van der Waals surface area contributed by atoms with Crippen LogP contribution >= 0.6 is 24.0 Å². The molecule has 0 atom stereocenters. The molecular formula is C15H23IN8. The number of pyridine rings is 1. The van der Waals surface area contributed by atoms with Gasteiger partial charge in [-0.1, -0.05) is 6.07 Å². The first-order chi connectivity index (χ1) is 11.4. The van der Waals surface area contributed by atoms with E-state index in [-0.39, 0.29) is 24.0 Å². The molecule has 1 fully saturated rings. The SMILES string of the molecule is CN=C(NCCn1cncn1)N1CCN(c2ccccn2)CC1.I. The number of aromatic nitrogens is 4. The molecule has 0 aliphatic carbocycles. The van der Waals surface area contributed by atoms with E-state index in [1.54, 1.807) is 17.3 Å². The highest BCUT2D eigenvalue weighted by Crippen LogP contribution is 2.12. The quantitative estimate of drug-likeness (QED) is 0.427. The van der Waals surface area contributed by atoms with E-state index in [0.29, 0.717) is 0 Å². The molecule has 0 spiro atoms. The molecule has 1 aliphatic heterocycles. The molecule has 1 aliphatic rings. The van der Waals surface area contributed by atoms with Crippen LogP contribution < -0.4 is 10.2 Å². The van der Waals surface area contributed by atoms with E-state index in [1.165, 1.54) is 0 Å². The van der Waals surface area contributed by atoms with Crippen molar-refractivity contribution in [2.45, 2.75) is 6.54 Å².